The van der Waals surface area contributed by atoms with Crippen LogP contribution in [0.5, 0.6) is 0 Å². The molecule has 1 aromatic heterocycles. The molecule has 1 aliphatic carbocycles. The molecule has 1 atom stereocenters. The lowest BCUT2D eigenvalue weighted by Crippen LogP contribution is -2.29. The molecule has 1 heterocycles. The first-order valence-electron chi connectivity index (χ1n) is 6.47. The van der Waals surface area contributed by atoms with Gasteiger partial charge in [-0.1, -0.05) is 25.8 Å². The van der Waals surface area contributed by atoms with E-state index in [1.165, 1.54) is 25.7 Å². The van der Waals surface area contributed by atoms with Gasteiger partial charge >= 0.3 is 5.76 Å². The minimum absolute atomic E-state index is 0.00426. The van der Waals surface area contributed by atoms with E-state index < -0.39 is 5.76 Å². The zero-order chi connectivity index (χ0) is 12.8. The van der Waals surface area contributed by atoms with Crippen LogP contribution in [-0.2, 0) is 0 Å². The molecule has 1 aliphatic rings. The number of H-pyrrole nitrogens is 1. The summed E-state index contributed by atoms with van der Waals surface area (Å²) < 4.78 is 5.09. The first kappa shape index (κ1) is 11.5. The Labute approximate surface area is 105 Å². The lowest BCUT2D eigenvalue weighted by Gasteiger charge is -2.31. The molecule has 0 spiro atoms. The Morgan fingerprint density at radius 2 is 2.11 bits per heavy atom. The van der Waals surface area contributed by atoms with Crippen LogP contribution in [0, 0.1) is 5.41 Å². The Morgan fingerprint density at radius 3 is 2.83 bits per heavy atom. The molecule has 96 valence electrons. The third kappa shape index (κ3) is 1.77. The first-order valence-corrected chi connectivity index (χ1v) is 6.47. The second kappa shape index (κ2) is 3.99. The van der Waals surface area contributed by atoms with Crippen molar-refractivity contribution in [3.8, 4) is 0 Å². The fourth-order valence-electron chi connectivity index (χ4n) is 3.05. The summed E-state index contributed by atoms with van der Waals surface area (Å²) in [5, 5.41) is 0. The molecule has 3 N–H and O–H groups in total. The number of hydrogen-bond donors (Lipinski definition) is 2. The van der Waals surface area contributed by atoms with E-state index in [0.29, 0.717) is 5.58 Å². The second-order valence-corrected chi connectivity index (χ2v) is 5.61. The summed E-state index contributed by atoms with van der Waals surface area (Å²) in [6.07, 6.45) is 4.85. The SMILES string of the molecule is CC1(C(N)c2ccc3[nH]c(=O)oc3c2)CCCC1. The van der Waals surface area contributed by atoms with Crippen molar-refractivity contribution in [2.45, 2.75) is 38.6 Å². The van der Waals surface area contributed by atoms with Crippen LogP contribution in [0.4, 0.5) is 0 Å². The summed E-state index contributed by atoms with van der Waals surface area (Å²) in [7, 11) is 0. The molecular formula is C14H18N2O2. The van der Waals surface area contributed by atoms with Gasteiger partial charge in [-0.2, -0.15) is 0 Å². The molecule has 1 saturated carbocycles. The molecular weight excluding hydrogens is 228 g/mol. The molecule has 0 bridgehead atoms. The topological polar surface area (TPSA) is 72.0 Å². The van der Waals surface area contributed by atoms with Gasteiger partial charge in [-0.15, -0.1) is 0 Å². The smallest absolute Gasteiger partial charge is 0.408 e. The van der Waals surface area contributed by atoms with E-state index in [0.717, 1.165) is 11.1 Å². The zero-order valence-corrected chi connectivity index (χ0v) is 10.5. The lowest BCUT2D eigenvalue weighted by molar-refractivity contribution is 0.265. The summed E-state index contributed by atoms with van der Waals surface area (Å²) in [4.78, 5) is 13.8. The third-order valence-electron chi connectivity index (χ3n) is 4.30. The highest BCUT2D eigenvalue weighted by Gasteiger charge is 2.35. The van der Waals surface area contributed by atoms with E-state index in [9.17, 15) is 4.79 Å². The maximum atomic E-state index is 11.1. The Bertz CT molecular complexity index is 620. The number of aromatic nitrogens is 1. The van der Waals surface area contributed by atoms with Crippen molar-refractivity contribution in [1.82, 2.24) is 4.98 Å². The van der Waals surface area contributed by atoms with E-state index in [1.54, 1.807) is 0 Å². The molecule has 1 fully saturated rings. The van der Waals surface area contributed by atoms with Crippen LogP contribution < -0.4 is 11.5 Å². The number of rotatable bonds is 2. The molecule has 2 aromatic rings. The Hall–Kier alpha value is -1.55. The van der Waals surface area contributed by atoms with Crippen LogP contribution in [0.15, 0.2) is 27.4 Å². The van der Waals surface area contributed by atoms with Crippen LogP contribution in [0.1, 0.15) is 44.2 Å². The molecule has 18 heavy (non-hydrogen) atoms. The summed E-state index contributed by atoms with van der Waals surface area (Å²) >= 11 is 0. The predicted octanol–water partition coefficient (Wildman–Crippen LogP) is 2.70. The Morgan fingerprint density at radius 1 is 1.39 bits per heavy atom. The quantitative estimate of drug-likeness (QED) is 0.855. The molecule has 3 rings (SSSR count). The highest BCUT2D eigenvalue weighted by Crippen LogP contribution is 2.46. The number of nitrogens with two attached hydrogens (primary N) is 1. The standard InChI is InChI=1S/C14H18N2O2/c1-14(6-2-3-7-14)12(15)9-4-5-10-11(8-9)18-13(17)16-10/h4-5,8,12H,2-3,6-7,15H2,1H3,(H,16,17). The first-order chi connectivity index (χ1) is 8.58. The van der Waals surface area contributed by atoms with Crippen LogP contribution in [0.25, 0.3) is 11.1 Å². The summed E-state index contributed by atoms with van der Waals surface area (Å²) in [5.74, 6) is -0.414. The van der Waals surface area contributed by atoms with Crippen LogP contribution in [-0.4, -0.2) is 4.98 Å². The summed E-state index contributed by atoms with van der Waals surface area (Å²) in [5.41, 5.74) is 8.95. The van der Waals surface area contributed by atoms with Gasteiger partial charge in [0, 0.05) is 6.04 Å². The van der Waals surface area contributed by atoms with Crippen molar-refractivity contribution in [2.24, 2.45) is 11.1 Å². The van der Waals surface area contributed by atoms with Crippen LogP contribution >= 0.6 is 0 Å². The van der Waals surface area contributed by atoms with E-state index >= 15 is 0 Å². The van der Waals surface area contributed by atoms with Gasteiger partial charge in [-0.25, -0.2) is 4.79 Å². The number of fused-ring (bicyclic) bond motifs is 1. The maximum Gasteiger partial charge on any atom is 0.417 e. The summed E-state index contributed by atoms with van der Waals surface area (Å²) in [6.45, 7) is 2.25. The largest absolute Gasteiger partial charge is 0.417 e. The van der Waals surface area contributed by atoms with Gasteiger partial charge in [-0.05, 0) is 36.0 Å². The van der Waals surface area contributed by atoms with Gasteiger partial charge in [0.2, 0.25) is 0 Å². The van der Waals surface area contributed by atoms with Crippen molar-refractivity contribution in [2.75, 3.05) is 0 Å². The molecule has 0 radical (unpaired) electrons. The van der Waals surface area contributed by atoms with Crippen molar-refractivity contribution < 1.29 is 4.42 Å². The van der Waals surface area contributed by atoms with Crippen molar-refractivity contribution in [3.63, 3.8) is 0 Å². The molecule has 4 heteroatoms. The van der Waals surface area contributed by atoms with Crippen molar-refractivity contribution >= 4 is 11.1 Å². The highest BCUT2D eigenvalue weighted by molar-refractivity contribution is 5.72. The molecule has 0 saturated heterocycles. The van der Waals surface area contributed by atoms with Crippen molar-refractivity contribution in [3.05, 3.63) is 34.3 Å². The normalized spacial score (nSPS) is 20.3. The Kier molecular flexibility index (Phi) is 2.55. The zero-order valence-electron chi connectivity index (χ0n) is 10.5. The van der Waals surface area contributed by atoms with E-state index in [4.69, 9.17) is 10.2 Å². The summed E-state index contributed by atoms with van der Waals surface area (Å²) in [6, 6.07) is 5.75. The minimum Gasteiger partial charge on any atom is -0.408 e. The average molecular weight is 246 g/mol. The van der Waals surface area contributed by atoms with E-state index in [-0.39, 0.29) is 11.5 Å². The monoisotopic (exact) mass is 246 g/mol. The molecule has 1 aromatic carbocycles. The molecule has 4 nitrogen and oxygen atoms in total. The van der Waals surface area contributed by atoms with Gasteiger partial charge in [0.25, 0.3) is 0 Å². The van der Waals surface area contributed by atoms with E-state index in [2.05, 4.69) is 11.9 Å². The Balaban J connectivity index is 2.00. The minimum atomic E-state index is -0.414. The number of oxazole rings is 1. The number of nitrogens with one attached hydrogen (secondary N) is 1. The van der Waals surface area contributed by atoms with Gasteiger partial charge in [-0.3, -0.25) is 4.98 Å². The van der Waals surface area contributed by atoms with Crippen LogP contribution in [0.3, 0.4) is 0 Å². The number of benzene rings is 1. The number of aromatic amines is 1. The molecule has 1 unspecified atom stereocenters. The van der Waals surface area contributed by atoms with Gasteiger partial charge in [0.1, 0.15) is 0 Å². The second-order valence-electron chi connectivity index (χ2n) is 5.61. The van der Waals surface area contributed by atoms with Crippen LogP contribution in [0.2, 0.25) is 0 Å². The van der Waals surface area contributed by atoms with Gasteiger partial charge in [0.05, 0.1) is 5.52 Å². The third-order valence-corrected chi connectivity index (χ3v) is 4.30. The van der Waals surface area contributed by atoms with Crippen molar-refractivity contribution in [1.29, 1.82) is 0 Å². The van der Waals surface area contributed by atoms with E-state index in [1.807, 2.05) is 18.2 Å². The fourth-order valence-corrected chi connectivity index (χ4v) is 3.05. The van der Waals surface area contributed by atoms with Gasteiger partial charge < -0.3 is 10.2 Å². The fraction of sp³-hybridized carbons (Fsp3) is 0.500. The van der Waals surface area contributed by atoms with Gasteiger partial charge in [0.15, 0.2) is 5.58 Å². The predicted molar refractivity (Wildman–Crippen MR) is 70.3 cm³/mol. The molecule has 0 amide bonds. The number of hydrogen-bond acceptors (Lipinski definition) is 3. The average Bonchev–Trinajstić information content (AvgIpc) is 2.93. The maximum absolute atomic E-state index is 11.1. The lowest BCUT2D eigenvalue weighted by atomic mass is 9.78. The molecule has 0 aliphatic heterocycles. The highest BCUT2D eigenvalue weighted by atomic mass is 16.4.